The largest absolute Gasteiger partial charge is 0.330 e. The van der Waals surface area contributed by atoms with Crippen LogP contribution in [0.5, 0.6) is 0 Å². The number of aromatic nitrogens is 4. The molecule has 0 amide bonds. The van der Waals surface area contributed by atoms with E-state index in [1.165, 1.54) is 0 Å². The predicted octanol–water partition coefficient (Wildman–Crippen LogP) is 0.262. The molecule has 0 aliphatic heterocycles. The molecule has 0 bridgehead atoms. The predicted molar refractivity (Wildman–Crippen MR) is 52.7 cm³/mol. The van der Waals surface area contributed by atoms with Gasteiger partial charge in [0, 0.05) is 0 Å². The van der Waals surface area contributed by atoms with Crippen LogP contribution in [0.1, 0.15) is 12.6 Å². The first kappa shape index (κ1) is 9.08. The number of nitrogens with two attached hydrogens (primary N) is 1. The van der Waals surface area contributed by atoms with Crippen molar-refractivity contribution >= 4 is 5.78 Å². The fraction of sp³-hybridized carbons (Fsp3) is 0.444. The molecule has 0 saturated carbocycles. The summed E-state index contributed by atoms with van der Waals surface area (Å²) in [5, 5.41) is 4.10. The smallest absolute Gasteiger partial charge is 0.250 e. The maximum atomic E-state index is 5.55. The van der Waals surface area contributed by atoms with Crippen molar-refractivity contribution in [2.24, 2.45) is 11.7 Å². The number of rotatable bonds is 3. The Morgan fingerprint density at radius 2 is 2.36 bits per heavy atom. The second-order valence-corrected chi connectivity index (χ2v) is 3.46. The topological polar surface area (TPSA) is 69.1 Å². The molecule has 0 fully saturated rings. The summed E-state index contributed by atoms with van der Waals surface area (Å²) in [6, 6.07) is 0. The molecule has 1 unspecified atom stereocenters. The summed E-state index contributed by atoms with van der Waals surface area (Å²) < 4.78 is 1.68. The normalized spacial score (nSPS) is 13.3. The minimum Gasteiger partial charge on any atom is -0.330 e. The summed E-state index contributed by atoms with van der Waals surface area (Å²) in [5.74, 6) is 1.09. The van der Waals surface area contributed by atoms with Crippen molar-refractivity contribution in [2.45, 2.75) is 13.3 Å². The molecular weight excluding hydrogens is 178 g/mol. The minimum absolute atomic E-state index is 0.444. The van der Waals surface area contributed by atoms with Gasteiger partial charge in [0.15, 0.2) is 0 Å². The molecule has 2 rings (SSSR count). The Morgan fingerprint density at radius 1 is 1.50 bits per heavy atom. The van der Waals surface area contributed by atoms with Crippen molar-refractivity contribution in [3.63, 3.8) is 0 Å². The number of fused-ring (bicyclic) bond motifs is 1. The van der Waals surface area contributed by atoms with E-state index in [4.69, 9.17) is 5.73 Å². The highest BCUT2D eigenvalue weighted by atomic mass is 15.3. The highest BCUT2D eigenvalue weighted by Gasteiger charge is 2.06. The molecule has 74 valence electrons. The van der Waals surface area contributed by atoms with E-state index in [2.05, 4.69) is 22.0 Å². The van der Waals surface area contributed by atoms with Gasteiger partial charge in [-0.1, -0.05) is 6.92 Å². The number of nitrogens with zero attached hydrogens (tertiary/aromatic N) is 4. The number of imidazole rings is 1. The monoisotopic (exact) mass is 191 g/mol. The van der Waals surface area contributed by atoms with Gasteiger partial charge in [-0.3, -0.25) is 0 Å². The average molecular weight is 191 g/mol. The molecule has 0 radical (unpaired) electrons. The second-order valence-electron chi connectivity index (χ2n) is 3.46. The molecule has 0 aromatic carbocycles. The van der Waals surface area contributed by atoms with Crippen LogP contribution in [0.15, 0.2) is 18.6 Å². The van der Waals surface area contributed by atoms with Crippen molar-refractivity contribution < 1.29 is 0 Å². The van der Waals surface area contributed by atoms with Gasteiger partial charge in [0.25, 0.3) is 5.78 Å². The van der Waals surface area contributed by atoms with Gasteiger partial charge in [-0.15, -0.1) is 0 Å². The zero-order chi connectivity index (χ0) is 9.97. The van der Waals surface area contributed by atoms with Crippen molar-refractivity contribution in [3.05, 3.63) is 24.3 Å². The summed E-state index contributed by atoms with van der Waals surface area (Å²) in [5.41, 5.74) is 6.54. The lowest BCUT2D eigenvalue weighted by molar-refractivity contribution is 0.586. The highest BCUT2D eigenvalue weighted by Crippen LogP contribution is 2.06. The van der Waals surface area contributed by atoms with Gasteiger partial charge in [0.05, 0.1) is 24.3 Å². The van der Waals surface area contributed by atoms with E-state index in [0.717, 1.165) is 12.1 Å². The Morgan fingerprint density at radius 3 is 3.07 bits per heavy atom. The SMILES string of the molecule is CC(CN)Cc1cn2nccnc2n1. The Balaban J connectivity index is 2.27. The fourth-order valence-electron chi connectivity index (χ4n) is 1.32. The summed E-state index contributed by atoms with van der Waals surface area (Å²) >= 11 is 0. The molecule has 0 aliphatic carbocycles. The van der Waals surface area contributed by atoms with Gasteiger partial charge in [-0.25, -0.2) is 14.5 Å². The van der Waals surface area contributed by atoms with E-state index in [1.807, 2.05) is 6.20 Å². The zero-order valence-electron chi connectivity index (χ0n) is 8.09. The molecule has 14 heavy (non-hydrogen) atoms. The van der Waals surface area contributed by atoms with Crippen LogP contribution in [0.25, 0.3) is 5.78 Å². The van der Waals surface area contributed by atoms with Crippen LogP contribution in [0.2, 0.25) is 0 Å². The quantitative estimate of drug-likeness (QED) is 0.755. The Labute approximate surface area is 82.0 Å². The zero-order valence-corrected chi connectivity index (χ0v) is 8.09. The molecule has 0 spiro atoms. The second kappa shape index (κ2) is 3.71. The molecule has 0 saturated heterocycles. The van der Waals surface area contributed by atoms with Crippen molar-refractivity contribution in [1.82, 2.24) is 19.6 Å². The average Bonchev–Trinajstić information content (AvgIpc) is 2.59. The molecule has 2 aromatic heterocycles. The molecule has 2 N–H and O–H groups in total. The summed E-state index contributed by atoms with van der Waals surface area (Å²) in [7, 11) is 0. The lowest BCUT2D eigenvalue weighted by Crippen LogP contribution is -2.13. The number of hydrogen-bond acceptors (Lipinski definition) is 4. The maximum Gasteiger partial charge on any atom is 0.250 e. The van der Waals surface area contributed by atoms with Gasteiger partial charge in [0.2, 0.25) is 0 Å². The minimum atomic E-state index is 0.444. The van der Waals surface area contributed by atoms with Crippen LogP contribution < -0.4 is 5.73 Å². The maximum absolute atomic E-state index is 5.55. The van der Waals surface area contributed by atoms with Gasteiger partial charge in [-0.2, -0.15) is 5.10 Å². The molecule has 0 aliphatic rings. The van der Waals surface area contributed by atoms with E-state index in [0.29, 0.717) is 18.2 Å². The lowest BCUT2D eigenvalue weighted by atomic mass is 10.1. The van der Waals surface area contributed by atoms with Crippen molar-refractivity contribution in [2.75, 3.05) is 6.54 Å². The Hall–Kier alpha value is -1.49. The standard InChI is InChI=1S/C9H13N5/c1-7(5-10)4-8-6-14-9(13-8)11-2-3-12-14/h2-3,6-7H,4-5,10H2,1H3. The fourth-order valence-corrected chi connectivity index (χ4v) is 1.32. The third-order valence-corrected chi connectivity index (χ3v) is 2.13. The van der Waals surface area contributed by atoms with Gasteiger partial charge in [0.1, 0.15) is 0 Å². The molecule has 1 atom stereocenters. The Kier molecular flexibility index (Phi) is 2.41. The highest BCUT2D eigenvalue weighted by molar-refractivity contribution is 5.27. The lowest BCUT2D eigenvalue weighted by Gasteiger charge is -2.03. The molecule has 5 heteroatoms. The van der Waals surface area contributed by atoms with Crippen LogP contribution in [-0.4, -0.2) is 26.1 Å². The van der Waals surface area contributed by atoms with E-state index < -0.39 is 0 Å². The molecular formula is C9H13N5. The van der Waals surface area contributed by atoms with Crippen LogP contribution in [0, 0.1) is 5.92 Å². The first-order chi connectivity index (χ1) is 6.79. The van der Waals surface area contributed by atoms with Crippen LogP contribution in [-0.2, 0) is 6.42 Å². The molecule has 2 aromatic rings. The van der Waals surface area contributed by atoms with E-state index in [9.17, 15) is 0 Å². The first-order valence-electron chi connectivity index (χ1n) is 4.65. The van der Waals surface area contributed by atoms with Crippen molar-refractivity contribution in [1.29, 1.82) is 0 Å². The van der Waals surface area contributed by atoms with E-state index >= 15 is 0 Å². The van der Waals surface area contributed by atoms with Crippen LogP contribution in [0.3, 0.4) is 0 Å². The molecule has 2 heterocycles. The third kappa shape index (κ3) is 1.72. The number of hydrogen-bond donors (Lipinski definition) is 1. The first-order valence-corrected chi connectivity index (χ1v) is 4.65. The third-order valence-electron chi connectivity index (χ3n) is 2.13. The van der Waals surface area contributed by atoms with Crippen LogP contribution in [0.4, 0.5) is 0 Å². The summed E-state index contributed by atoms with van der Waals surface area (Å²) in [4.78, 5) is 8.43. The van der Waals surface area contributed by atoms with Gasteiger partial charge in [-0.05, 0) is 18.9 Å². The Bertz CT molecular complexity index is 389. The summed E-state index contributed by atoms with van der Waals surface area (Å²) in [6.45, 7) is 2.78. The van der Waals surface area contributed by atoms with Crippen LogP contribution >= 0.6 is 0 Å². The van der Waals surface area contributed by atoms with Crippen molar-refractivity contribution in [3.8, 4) is 0 Å². The molecule has 5 nitrogen and oxygen atoms in total. The van der Waals surface area contributed by atoms with Gasteiger partial charge < -0.3 is 5.73 Å². The van der Waals surface area contributed by atoms with E-state index in [-0.39, 0.29) is 0 Å². The van der Waals surface area contributed by atoms with Gasteiger partial charge >= 0.3 is 0 Å². The summed E-state index contributed by atoms with van der Waals surface area (Å²) in [6.07, 6.45) is 6.05. The van der Waals surface area contributed by atoms with E-state index in [1.54, 1.807) is 16.9 Å².